The smallest absolute Gasteiger partial charge is 0.0381 e. The molecule has 1 aromatic rings. The van der Waals surface area contributed by atoms with Gasteiger partial charge >= 0.3 is 0 Å². The Balaban J connectivity index is 2.59. The first-order valence-electron chi connectivity index (χ1n) is 8.57. The Hall–Kier alpha value is -0.980. The molecule has 0 spiro atoms. The van der Waals surface area contributed by atoms with Crippen LogP contribution in [0.3, 0.4) is 0 Å². The number of unbranched alkanes of at least 4 members (excludes halogenated alkanes) is 6. The molecule has 2 N–H and O–H groups in total. The number of nitrogen functional groups attached to an aromatic ring is 1. The Kier molecular flexibility index (Phi) is 8.41. The lowest BCUT2D eigenvalue weighted by atomic mass is 9.94. The summed E-state index contributed by atoms with van der Waals surface area (Å²) in [6, 6.07) is 4.51. The van der Waals surface area contributed by atoms with E-state index in [0.717, 1.165) is 18.5 Å². The van der Waals surface area contributed by atoms with Gasteiger partial charge in [-0.1, -0.05) is 64.5 Å². The van der Waals surface area contributed by atoms with E-state index >= 15 is 0 Å². The van der Waals surface area contributed by atoms with Gasteiger partial charge in [0, 0.05) is 5.69 Å². The summed E-state index contributed by atoms with van der Waals surface area (Å²) in [5, 5.41) is 0. The molecule has 0 aliphatic carbocycles. The molecule has 0 radical (unpaired) electrons. The topological polar surface area (TPSA) is 26.0 Å². The highest BCUT2D eigenvalue weighted by Gasteiger charge is 2.08. The van der Waals surface area contributed by atoms with E-state index in [9.17, 15) is 0 Å². The number of benzene rings is 1. The third kappa shape index (κ3) is 5.56. The van der Waals surface area contributed by atoms with Crippen LogP contribution in [0, 0.1) is 6.92 Å². The fourth-order valence-electron chi connectivity index (χ4n) is 2.84. The maximum absolute atomic E-state index is 6.41. The van der Waals surface area contributed by atoms with E-state index in [2.05, 4.69) is 32.9 Å². The minimum Gasteiger partial charge on any atom is -0.398 e. The molecule has 1 nitrogen and oxygen atoms in total. The van der Waals surface area contributed by atoms with Crippen LogP contribution < -0.4 is 5.73 Å². The number of nitrogens with two attached hydrogens (primary N) is 1. The third-order valence-corrected chi connectivity index (χ3v) is 4.26. The summed E-state index contributed by atoms with van der Waals surface area (Å²) < 4.78 is 0. The molecule has 0 saturated carbocycles. The summed E-state index contributed by atoms with van der Waals surface area (Å²) in [7, 11) is 0. The number of rotatable bonds is 10. The lowest BCUT2D eigenvalue weighted by Crippen LogP contribution is -2.03. The van der Waals surface area contributed by atoms with Crippen LogP contribution in [0.5, 0.6) is 0 Å². The van der Waals surface area contributed by atoms with Gasteiger partial charge in [-0.3, -0.25) is 0 Å². The quantitative estimate of drug-likeness (QED) is 0.422. The van der Waals surface area contributed by atoms with Crippen molar-refractivity contribution in [1.82, 2.24) is 0 Å². The van der Waals surface area contributed by atoms with Gasteiger partial charge in [-0.25, -0.2) is 0 Å². The molecule has 20 heavy (non-hydrogen) atoms. The second-order valence-corrected chi connectivity index (χ2v) is 6.06. The molecule has 0 aromatic heterocycles. The molecular weight excluding hydrogens is 242 g/mol. The van der Waals surface area contributed by atoms with E-state index in [1.165, 1.54) is 68.1 Å². The van der Waals surface area contributed by atoms with Crippen LogP contribution in [0.15, 0.2) is 12.1 Å². The van der Waals surface area contributed by atoms with Crippen molar-refractivity contribution >= 4 is 5.69 Å². The molecule has 0 saturated heterocycles. The molecule has 0 fully saturated rings. The van der Waals surface area contributed by atoms with E-state index in [4.69, 9.17) is 5.73 Å². The summed E-state index contributed by atoms with van der Waals surface area (Å²) in [4.78, 5) is 0. The molecule has 0 heterocycles. The Bertz CT molecular complexity index is 382. The van der Waals surface area contributed by atoms with Crippen molar-refractivity contribution < 1.29 is 0 Å². The van der Waals surface area contributed by atoms with Gasteiger partial charge in [0.05, 0.1) is 0 Å². The van der Waals surface area contributed by atoms with Crippen molar-refractivity contribution in [2.45, 2.75) is 85.0 Å². The molecule has 1 rings (SSSR count). The molecule has 0 bridgehead atoms. The highest BCUT2D eigenvalue weighted by Crippen LogP contribution is 2.25. The molecule has 0 aliphatic rings. The fourth-order valence-corrected chi connectivity index (χ4v) is 2.84. The van der Waals surface area contributed by atoms with Crippen LogP contribution in [-0.2, 0) is 12.8 Å². The molecule has 1 heteroatoms. The fraction of sp³-hybridized carbons (Fsp3) is 0.684. The molecule has 0 atom stereocenters. The lowest BCUT2D eigenvalue weighted by molar-refractivity contribution is 0.661. The highest BCUT2D eigenvalue weighted by atomic mass is 14.6. The normalized spacial score (nSPS) is 10.9. The van der Waals surface area contributed by atoms with Gasteiger partial charge in [0.1, 0.15) is 0 Å². The van der Waals surface area contributed by atoms with Gasteiger partial charge in [-0.2, -0.15) is 0 Å². The van der Waals surface area contributed by atoms with Gasteiger partial charge in [0.25, 0.3) is 0 Å². The zero-order chi connectivity index (χ0) is 14.8. The second kappa shape index (κ2) is 9.85. The lowest BCUT2D eigenvalue weighted by Gasteiger charge is -2.14. The summed E-state index contributed by atoms with van der Waals surface area (Å²) in [5.74, 6) is 0. The summed E-state index contributed by atoms with van der Waals surface area (Å²) in [5.41, 5.74) is 11.7. The summed E-state index contributed by atoms with van der Waals surface area (Å²) in [6.45, 7) is 6.72. The number of hydrogen-bond acceptors (Lipinski definition) is 1. The SMILES string of the molecule is CCCCCCc1ccc(C)c(CCCCCC)c1N. The van der Waals surface area contributed by atoms with E-state index in [0.29, 0.717) is 0 Å². The average molecular weight is 275 g/mol. The second-order valence-electron chi connectivity index (χ2n) is 6.06. The summed E-state index contributed by atoms with van der Waals surface area (Å²) in [6.07, 6.45) is 12.8. The van der Waals surface area contributed by atoms with Crippen molar-refractivity contribution in [1.29, 1.82) is 0 Å². The minimum atomic E-state index is 1.08. The predicted octanol–water partition coefficient (Wildman–Crippen LogP) is 5.82. The van der Waals surface area contributed by atoms with Crippen LogP contribution in [0.2, 0.25) is 0 Å². The Morgan fingerprint density at radius 3 is 2.00 bits per heavy atom. The van der Waals surface area contributed by atoms with Crippen molar-refractivity contribution in [3.63, 3.8) is 0 Å². The van der Waals surface area contributed by atoms with E-state index in [1.54, 1.807) is 0 Å². The van der Waals surface area contributed by atoms with Crippen LogP contribution in [0.4, 0.5) is 5.69 Å². The molecule has 114 valence electrons. The monoisotopic (exact) mass is 275 g/mol. The van der Waals surface area contributed by atoms with Crippen LogP contribution in [-0.4, -0.2) is 0 Å². The first-order valence-corrected chi connectivity index (χ1v) is 8.57. The Morgan fingerprint density at radius 2 is 1.40 bits per heavy atom. The first kappa shape index (κ1) is 17.1. The van der Waals surface area contributed by atoms with Gasteiger partial charge in [0.15, 0.2) is 0 Å². The van der Waals surface area contributed by atoms with E-state index in [1.807, 2.05) is 0 Å². The van der Waals surface area contributed by atoms with Gasteiger partial charge < -0.3 is 5.73 Å². The average Bonchev–Trinajstić information content (AvgIpc) is 2.44. The third-order valence-electron chi connectivity index (χ3n) is 4.26. The summed E-state index contributed by atoms with van der Waals surface area (Å²) >= 11 is 0. The van der Waals surface area contributed by atoms with Crippen molar-refractivity contribution in [2.24, 2.45) is 0 Å². The maximum Gasteiger partial charge on any atom is 0.0381 e. The number of aryl methyl sites for hydroxylation is 2. The highest BCUT2D eigenvalue weighted by molar-refractivity contribution is 5.57. The van der Waals surface area contributed by atoms with Crippen molar-refractivity contribution in [2.75, 3.05) is 5.73 Å². The van der Waals surface area contributed by atoms with Crippen molar-refractivity contribution in [3.05, 3.63) is 28.8 Å². The van der Waals surface area contributed by atoms with Crippen LogP contribution in [0.1, 0.15) is 81.9 Å². The van der Waals surface area contributed by atoms with E-state index in [-0.39, 0.29) is 0 Å². The standard InChI is InChI=1S/C19H33N/c1-4-6-8-10-12-17-15-14-16(3)18(19(17)20)13-11-9-7-5-2/h14-15H,4-13,20H2,1-3H3. The van der Waals surface area contributed by atoms with Gasteiger partial charge in [-0.05, 0) is 49.3 Å². The molecule has 0 aliphatic heterocycles. The minimum absolute atomic E-state index is 1.08. The van der Waals surface area contributed by atoms with E-state index < -0.39 is 0 Å². The molecular formula is C19H33N. The molecule has 1 aromatic carbocycles. The largest absolute Gasteiger partial charge is 0.398 e. The predicted molar refractivity (Wildman–Crippen MR) is 91.3 cm³/mol. The molecule has 0 amide bonds. The van der Waals surface area contributed by atoms with Gasteiger partial charge in [-0.15, -0.1) is 0 Å². The molecule has 0 unspecified atom stereocenters. The maximum atomic E-state index is 6.41. The van der Waals surface area contributed by atoms with Crippen LogP contribution >= 0.6 is 0 Å². The van der Waals surface area contributed by atoms with Crippen molar-refractivity contribution in [3.8, 4) is 0 Å². The Morgan fingerprint density at radius 1 is 0.800 bits per heavy atom. The van der Waals surface area contributed by atoms with Crippen LogP contribution in [0.25, 0.3) is 0 Å². The number of hydrogen-bond donors (Lipinski definition) is 1. The first-order chi connectivity index (χ1) is 9.70. The van der Waals surface area contributed by atoms with Gasteiger partial charge in [0.2, 0.25) is 0 Å². The Labute approximate surface area is 126 Å². The number of anilines is 1. The zero-order valence-corrected chi connectivity index (χ0v) is 13.8. The zero-order valence-electron chi connectivity index (χ0n) is 13.8.